The summed E-state index contributed by atoms with van der Waals surface area (Å²) in [6.07, 6.45) is 0. The molecular weight excluding hydrogens is 352 g/mol. The zero-order valence-corrected chi connectivity index (χ0v) is 16.4. The Morgan fingerprint density at radius 2 is 0.846 bits per heavy atom. The fourth-order valence-electron chi connectivity index (χ4n) is 3.79. The maximum Gasteiger partial charge on any atom is 0.0358 e. The third kappa shape index (κ3) is 2.41. The minimum absolute atomic E-state index is 1.33. The lowest BCUT2D eigenvalue weighted by molar-refractivity contribution is 1.64. The average molecular weight is 371 g/mol. The van der Waals surface area contributed by atoms with Gasteiger partial charge in [-0.3, -0.25) is 0 Å². The van der Waals surface area contributed by atoms with E-state index < -0.39 is 0 Å². The average Bonchev–Trinajstić information content (AvgIpc) is 3.29. The van der Waals surface area contributed by atoms with E-state index in [1.54, 1.807) is 0 Å². The number of fused-ring (bicyclic) bond motifs is 3. The normalized spacial score (nSPS) is 11.5. The lowest BCUT2D eigenvalue weighted by Crippen LogP contribution is -1.88. The number of rotatable bonds is 2. The zero-order valence-electron chi connectivity index (χ0n) is 14.7. The molecule has 0 aliphatic rings. The van der Waals surface area contributed by atoms with Crippen molar-refractivity contribution in [2.75, 3.05) is 0 Å². The van der Waals surface area contributed by atoms with Gasteiger partial charge >= 0.3 is 0 Å². The lowest BCUT2D eigenvalue weighted by Gasteiger charge is -2.16. The largest absolute Gasteiger partial charge is 0.141 e. The Balaban J connectivity index is 2.04. The van der Waals surface area contributed by atoms with Gasteiger partial charge in [-0.15, -0.1) is 22.7 Å². The van der Waals surface area contributed by atoms with Crippen LogP contribution >= 0.6 is 22.7 Å². The monoisotopic (exact) mass is 370 g/mol. The molecule has 0 saturated heterocycles. The van der Waals surface area contributed by atoms with Crippen molar-refractivity contribution in [3.8, 4) is 20.9 Å². The van der Waals surface area contributed by atoms with E-state index in [0.29, 0.717) is 0 Å². The van der Waals surface area contributed by atoms with Crippen LogP contribution in [0.4, 0.5) is 0 Å². The van der Waals surface area contributed by atoms with Gasteiger partial charge < -0.3 is 0 Å². The quantitative estimate of drug-likeness (QED) is 0.276. The van der Waals surface area contributed by atoms with E-state index in [4.69, 9.17) is 0 Å². The molecule has 0 aliphatic carbocycles. The van der Waals surface area contributed by atoms with Gasteiger partial charge in [-0.25, -0.2) is 0 Å². The third-order valence-corrected chi connectivity index (χ3v) is 6.94. The maximum atomic E-state index is 2.28. The summed E-state index contributed by atoms with van der Waals surface area (Å²) in [4.78, 5) is 5.41. The second kappa shape index (κ2) is 6.08. The first kappa shape index (κ1) is 15.8. The lowest BCUT2D eigenvalue weighted by atomic mass is 9.90. The Labute approximate surface area is 161 Å². The predicted molar refractivity (Wildman–Crippen MR) is 118 cm³/mol. The van der Waals surface area contributed by atoms with Crippen molar-refractivity contribution < 1.29 is 0 Å². The molecule has 5 rings (SSSR count). The van der Waals surface area contributed by atoms with Crippen LogP contribution in [-0.2, 0) is 0 Å². The van der Waals surface area contributed by atoms with Gasteiger partial charge in [0.25, 0.3) is 0 Å². The summed E-state index contributed by atoms with van der Waals surface area (Å²) in [5.74, 6) is 0. The Morgan fingerprint density at radius 3 is 1.19 bits per heavy atom. The van der Waals surface area contributed by atoms with Crippen LogP contribution in [0, 0.1) is 13.8 Å². The molecule has 0 bridgehead atoms. The molecule has 2 aromatic heterocycles. The molecule has 0 atom stereocenters. The van der Waals surface area contributed by atoms with Crippen molar-refractivity contribution in [2.45, 2.75) is 13.8 Å². The molecule has 0 unspecified atom stereocenters. The van der Waals surface area contributed by atoms with Gasteiger partial charge in [0.2, 0.25) is 0 Å². The third-order valence-electron chi connectivity index (χ3n) is 4.91. The van der Waals surface area contributed by atoms with Gasteiger partial charge in [-0.1, -0.05) is 48.5 Å². The Kier molecular flexibility index (Phi) is 3.70. The SMILES string of the molecule is Cc1ccc(-c2c(-c3ccc(C)s3)c3ccccc3c3ccccc23)s1. The second-order valence-electron chi connectivity index (χ2n) is 6.66. The van der Waals surface area contributed by atoms with Crippen molar-refractivity contribution in [1.29, 1.82) is 0 Å². The summed E-state index contributed by atoms with van der Waals surface area (Å²) >= 11 is 3.77. The van der Waals surface area contributed by atoms with Gasteiger partial charge in [0.15, 0.2) is 0 Å². The number of thiophene rings is 2. The summed E-state index contributed by atoms with van der Waals surface area (Å²) in [5, 5.41) is 5.35. The van der Waals surface area contributed by atoms with Gasteiger partial charge in [0, 0.05) is 30.6 Å². The van der Waals surface area contributed by atoms with E-state index in [9.17, 15) is 0 Å². The highest BCUT2D eigenvalue weighted by Gasteiger charge is 2.19. The smallest absolute Gasteiger partial charge is 0.0358 e. The van der Waals surface area contributed by atoms with E-state index in [2.05, 4.69) is 86.6 Å². The summed E-state index contributed by atoms with van der Waals surface area (Å²) < 4.78 is 0. The summed E-state index contributed by atoms with van der Waals surface area (Å²) in [6.45, 7) is 4.37. The van der Waals surface area contributed by atoms with Crippen LogP contribution in [0.1, 0.15) is 9.75 Å². The molecule has 0 amide bonds. The van der Waals surface area contributed by atoms with E-state index >= 15 is 0 Å². The molecule has 5 aromatic rings. The van der Waals surface area contributed by atoms with Crippen LogP contribution in [0.3, 0.4) is 0 Å². The van der Waals surface area contributed by atoms with Crippen LogP contribution in [0.2, 0.25) is 0 Å². The minimum atomic E-state index is 1.33. The molecule has 0 saturated carbocycles. The summed E-state index contributed by atoms with van der Waals surface area (Å²) in [5.41, 5.74) is 2.75. The number of hydrogen-bond acceptors (Lipinski definition) is 2. The van der Waals surface area contributed by atoms with E-state index in [1.807, 2.05) is 22.7 Å². The van der Waals surface area contributed by atoms with Crippen LogP contribution in [0.15, 0.2) is 72.8 Å². The first-order valence-corrected chi connectivity index (χ1v) is 10.4. The Bertz CT molecular complexity index is 1150. The van der Waals surface area contributed by atoms with Crippen LogP contribution < -0.4 is 0 Å². The van der Waals surface area contributed by atoms with Gasteiger partial charge in [-0.2, -0.15) is 0 Å². The standard InChI is InChI=1S/C24H18S2/c1-15-11-13-21(25-15)23-19-9-5-3-7-17(19)18-8-4-6-10-20(18)24(23)22-14-12-16(2)26-22/h3-14H,1-2H3. The van der Waals surface area contributed by atoms with Crippen molar-refractivity contribution in [3.63, 3.8) is 0 Å². The molecule has 0 spiro atoms. The van der Waals surface area contributed by atoms with E-state index in [0.717, 1.165) is 0 Å². The molecule has 3 aromatic carbocycles. The minimum Gasteiger partial charge on any atom is -0.141 e. The molecule has 0 aliphatic heterocycles. The summed E-state index contributed by atoms with van der Waals surface area (Å²) in [6, 6.07) is 26.7. The first-order chi connectivity index (χ1) is 12.7. The molecule has 0 radical (unpaired) electrons. The number of aryl methyl sites for hydroxylation is 2. The van der Waals surface area contributed by atoms with Crippen molar-refractivity contribution in [2.24, 2.45) is 0 Å². The van der Waals surface area contributed by atoms with Crippen LogP contribution in [0.5, 0.6) is 0 Å². The first-order valence-electron chi connectivity index (χ1n) is 8.79. The highest BCUT2D eigenvalue weighted by molar-refractivity contribution is 7.16. The molecule has 2 heterocycles. The fourth-order valence-corrected chi connectivity index (χ4v) is 5.66. The van der Waals surface area contributed by atoms with Crippen LogP contribution in [0.25, 0.3) is 42.4 Å². The fraction of sp³-hybridized carbons (Fsp3) is 0.0833. The van der Waals surface area contributed by atoms with E-state index in [1.165, 1.54) is 52.2 Å². The van der Waals surface area contributed by atoms with Crippen LogP contribution in [-0.4, -0.2) is 0 Å². The van der Waals surface area contributed by atoms with E-state index in [-0.39, 0.29) is 0 Å². The molecule has 0 N–H and O–H groups in total. The van der Waals surface area contributed by atoms with Gasteiger partial charge in [-0.05, 0) is 59.7 Å². The maximum absolute atomic E-state index is 2.28. The molecule has 26 heavy (non-hydrogen) atoms. The Morgan fingerprint density at radius 1 is 0.462 bits per heavy atom. The number of benzene rings is 3. The molecule has 126 valence electrons. The highest BCUT2D eigenvalue weighted by atomic mass is 32.1. The topological polar surface area (TPSA) is 0 Å². The van der Waals surface area contributed by atoms with Crippen molar-refractivity contribution >= 4 is 44.2 Å². The van der Waals surface area contributed by atoms with Crippen molar-refractivity contribution in [1.82, 2.24) is 0 Å². The van der Waals surface area contributed by atoms with Gasteiger partial charge in [0.1, 0.15) is 0 Å². The molecular formula is C24H18S2. The highest BCUT2D eigenvalue weighted by Crippen LogP contribution is 2.47. The van der Waals surface area contributed by atoms with Crippen molar-refractivity contribution in [3.05, 3.63) is 82.6 Å². The predicted octanol–water partition coefficient (Wildman–Crippen LogP) is 8.07. The Hall–Kier alpha value is -2.42. The zero-order chi connectivity index (χ0) is 17.7. The molecule has 0 fully saturated rings. The number of hydrogen-bond donors (Lipinski definition) is 0. The van der Waals surface area contributed by atoms with Gasteiger partial charge in [0.05, 0.1) is 0 Å². The second-order valence-corrected chi connectivity index (χ2v) is 9.24. The molecule has 2 heteroatoms. The summed E-state index contributed by atoms with van der Waals surface area (Å²) in [7, 11) is 0. The molecule has 0 nitrogen and oxygen atoms in total.